The molecule has 3 N–H and O–H groups in total. The number of aryl methyl sites for hydroxylation is 2. The van der Waals surface area contributed by atoms with Gasteiger partial charge < -0.3 is 16.0 Å². The van der Waals surface area contributed by atoms with Gasteiger partial charge in [0.25, 0.3) is 11.8 Å². The minimum Gasteiger partial charge on any atom is -0.351 e. The van der Waals surface area contributed by atoms with E-state index in [-0.39, 0.29) is 24.2 Å². The van der Waals surface area contributed by atoms with Gasteiger partial charge in [-0.25, -0.2) is 0 Å². The zero-order chi connectivity index (χ0) is 17.6. The van der Waals surface area contributed by atoms with E-state index < -0.39 is 0 Å². The van der Waals surface area contributed by atoms with Crippen molar-refractivity contribution in [3.8, 4) is 0 Å². The fourth-order valence-corrected chi connectivity index (χ4v) is 3.79. The second kappa shape index (κ2) is 9.71. The summed E-state index contributed by atoms with van der Waals surface area (Å²) in [5.41, 5.74) is 3.76. The number of carbonyl (C=O) groups is 2. The van der Waals surface area contributed by atoms with Gasteiger partial charge in [0.05, 0.1) is 5.56 Å². The average Bonchev–Trinajstić information content (AvgIpc) is 3.26. The SMILES string of the molecule is CCNCCNC(=O)c1ccsc1NC(=O)c1ccc2c(c1)CCC2.Cl. The van der Waals surface area contributed by atoms with E-state index in [1.54, 1.807) is 6.07 Å². The lowest BCUT2D eigenvalue weighted by Gasteiger charge is -2.09. The Kier molecular flexibility index (Phi) is 7.63. The molecule has 140 valence electrons. The van der Waals surface area contributed by atoms with Gasteiger partial charge in [-0.2, -0.15) is 0 Å². The van der Waals surface area contributed by atoms with Crippen LogP contribution in [0.15, 0.2) is 29.6 Å². The van der Waals surface area contributed by atoms with Crippen molar-refractivity contribution in [3.05, 3.63) is 51.9 Å². The molecule has 0 saturated carbocycles. The molecule has 1 aliphatic carbocycles. The summed E-state index contributed by atoms with van der Waals surface area (Å²) < 4.78 is 0. The Morgan fingerprint density at radius 2 is 1.88 bits per heavy atom. The highest BCUT2D eigenvalue weighted by molar-refractivity contribution is 7.14. The average molecular weight is 394 g/mol. The minimum absolute atomic E-state index is 0. The Balaban J connectivity index is 0.00000243. The third-order valence-electron chi connectivity index (χ3n) is 4.33. The van der Waals surface area contributed by atoms with Crippen LogP contribution in [0.4, 0.5) is 5.00 Å². The van der Waals surface area contributed by atoms with Gasteiger partial charge in [-0.3, -0.25) is 9.59 Å². The van der Waals surface area contributed by atoms with Crippen LogP contribution in [0.2, 0.25) is 0 Å². The molecule has 2 amide bonds. The number of hydrogen-bond acceptors (Lipinski definition) is 4. The molecule has 0 atom stereocenters. The van der Waals surface area contributed by atoms with E-state index in [9.17, 15) is 9.59 Å². The van der Waals surface area contributed by atoms with Crippen LogP contribution in [0.25, 0.3) is 0 Å². The maximum atomic E-state index is 12.5. The van der Waals surface area contributed by atoms with E-state index in [0.29, 0.717) is 22.7 Å². The number of benzene rings is 1. The fourth-order valence-electron chi connectivity index (χ4n) is 3.01. The molecule has 26 heavy (non-hydrogen) atoms. The molecule has 5 nitrogen and oxygen atoms in total. The van der Waals surface area contributed by atoms with Crippen molar-refractivity contribution in [2.24, 2.45) is 0 Å². The predicted octanol–water partition coefficient (Wildman–Crippen LogP) is 3.25. The predicted molar refractivity (Wildman–Crippen MR) is 109 cm³/mol. The number of hydrogen-bond donors (Lipinski definition) is 3. The summed E-state index contributed by atoms with van der Waals surface area (Å²) in [6.07, 6.45) is 3.29. The van der Waals surface area contributed by atoms with Gasteiger partial charge in [0.15, 0.2) is 0 Å². The molecule has 0 unspecified atom stereocenters. The molecule has 1 aromatic carbocycles. The van der Waals surface area contributed by atoms with Gasteiger partial charge in [0.1, 0.15) is 5.00 Å². The number of nitrogens with one attached hydrogen (secondary N) is 3. The van der Waals surface area contributed by atoms with Gasteiger partial charge in [0.2, 0.25) is 0 Å². The van der Waals surface area contributed by atoms with Crippen molar-refractivity contribution in [2.45, 2.75) is 26.2 Å². The summed E-state index contributed by atoms with van der Waals surface area (Å²) in [5, 5.41) is 11.3. The lowest BCUT2D eigenvalue weighted by molar-refractivity contribution is 0.0955. The van der Waals surface area contributed by atoms with Crippen LogP contribution in [0.5, 0.6) is 0 Å². The second-order valence-electron chi connectivity index (χ2n) is 6.06. The van der Waals surface area contributed by atoms with Crippen molar-refractivity contribution >= 4 is 40.6 Å². The molecule has 1 aromatic heterocycles. The van der Waals surface area contributed by atoms with Crippen LogP contribution in [0.3, 0.4) is 0 Å². The number of likely N-dealkylation sites (N-methyl/N-ethyl adjacent to an activating group) is 1. The van der Waals surface area contributed by atoms with E-state index in [2.05, 4.69) is 16.0 Å². The lowest BCUT2D eigenvalue weighted by atomic mass is 10.1. The van der Waals surface area contributed by atoms with Crippen molar-refractivity contribution in [1.29, 1.82) is 0 Å². The van der Waals surface area contributed by atoms with Gasteiger partial charge in [-0.05, 0) is 60.5 Å². The molecule has 0 aliphatic heterocycles. The Hall–Kier alpha value is -1.89. The fraction of sp³-hybridized carbons (Fsp3) is 0.368. The van der Waals surface area contributed by atoms with Gasteiger partial charge >= 0.3 is 0 Å². The summed E-state index contributed by atoms with van der Waals surface area (Å²) in [6.45, 7) is 4.17. The first-order valence-corrected chi connectivity index (χ1v) is 9.56. The summed E-state index contributed by atoms with van der Waals surface area (Å²) in [4.78, 5) is 24.8. The third-order valence-corrected chi connectivity index (χ3v) is 5.16. The number of thiophene rings is 1. The highest BCUT2D eigenvalue weighted by atomic mass is 35.5. The highest BCUT2D eigenvalue weighted by Gasteiger charge is 2.17. The Morgan fingerprint density at radius 3 is 2.69 bits per heavy atom. The maximum absolute atomic E-state index is 12.5. The molecule has 2 aromatic rings. The first kappa shape index (κ1) is 20.4. The topological polar surface area (TPSA) is 70.2 Å². The number of carbonyl (C=O) groups excluding carboxylic acids is 2. The molecular formula is C19H24ClN3O2S. The van der Waals surface area contributed by atoms with Crippen LogP contribution < -0.4 is 16.0 Å². The van der Waals surface area contributed by atoms with Crippen molar-refractivity contribution in [3.63, 3.8) is 0 Å². The largest absolute Gasteiger partial charge is 0.351 e. The Morgan fingerprint density at radius 1 is 1.08 bits per heavy atom. The van der Waals surface area contributed by atoms with Gasteiger partial charge in [0, 0.05) is 18.7 Å². The molecule has 1 aliphatic rings. The van der Waals surface area contributed by atoms with Crippen molar-refractivity contribution in [2.75, 3.05) is 25.0 Å². The van der Waals surface area contributed by atoms with E-state index in [4.69, 9.17) is 0 Å². The zero-order valence-corrected chi connectivity index (χ0v) is 16.4. The molecule has 0 spiro atoms. The summed E-state index contributed by atoms with van der Waals surface area (Å²) in [5.74, 6) is -0.331. The first-order valence-electron chi connectivity index (χ1n) is 8.68. The van der Waals surface area contributed by atoms with Gasteiger partial charge in [-0.15, -0.1) is 23.7 Å². The number of fused-ring (bicyclic) bond motifs is 1. The molecule has 1 heterocycles. The molecule has 0 radical (unpaired) electrons. The van der Waals surface area contributed by atoms with Crippen LogP contribution in [0.1, 0.15) is 45.2 Å². The van der Waals surface area contributed by atoms with Crippen LogP contribution in [0, 0.1) is 0 Å². The Bertz CT molecular complexity index is 776. The third kappa shape index (κ3) is 4.84. The van der Waals surface area contributed by atoms with Crippen LogP contribution >= 0.6 is 23.7 Å². The van der Waals surface area contributed by atoms with Crippen LogP contribution in [-0.4, -0.2) is 31.4 Å². The summed E-state index contributed by atoms with van der Waals surface area (Å²) >= 11 is 1.36. The van der Waals surface area contributed by atoms with Crippen molar-refractivity contribution < 1.29 is 9.59 Å². The zero-order valence-electron chi connectivity index (χ0n) is 14.8. The number of amides is 2. The smallest absolute Gasteiger partial charge is 0.256 e. The standard InChI is InChI=1S/C19H23N3O2S.ClH/c1-2-20-9-10-21-18(24)16-8-11-25-19(16)22-17(23)15-7-6-13-4-3-5-14(13)12-15;/h6-8,11-12,20H,2-5,9-10H2,1H3,(H,21,24)(H,22,23);1H. The van der Waals surface area contributed by atoms with E-state index in [0.717, 1.165) is 32.4 Å². The second-order valence-corrected chi connectivity index (χ2v) is 6.98. The quantitative estimate of drug-likeness (QED) is 0.632. The normalized spacial score (nSPS) is 12.2. The number of rotatable bonds is 7. The molecule has 7 heteroatoms. The monoisotopic (exact) mass is 393 g/mol. The maximum Gasteiger partial charge on any atom is 0.256 e. The molecule has 0 bridgehead atoms. The van der Waals surface area contributed by atoms with Crippen molar-refractivity contribution in [1.82, 2.24) is 10.6 Å². The van der Waals surface area contributed by atoms with E-state index >= 15 is 0 Å². The molecule has 0 saturated heterocycles. The van der Waals surface area contributed by atoms with Gasteiger partial charge in [-0.1, -0.05) is 13.0 Å². The summed E-state index contributed by atoms with van der Waals surface area (Å²) in [6, 6.07) is 7.62. The number of halogens is 1. The van der Waals surface area contributed by atoms with E-state index in [1.807, 2.05) is 30.5 Å². The lowest BCUT2D eigenvalue weighted by Crippen LogP contribution is -2.32. The Labute approximate surface area is 164 Å². The number of anilines is 1. The molecular weight excluding hydrogens is 370 g/mol. The minimum atomic E-state index is -0.168. The molecule has 3 rings (SSSR count). The highest BCUT2D eigenvalue weighted by Crippen LogP contribution is 2.26. The van der Waals surface area contributed by atoms with Crippen LogP contribution in [-0.2, 0) is 12.8 Å². The molecule has 0 fully saturated rings. The first-order chi connectivity index (χ1) is 12.2. The van der Waals surface area contributed by atoms with E-state index in [1.165, 1.54) is 22.5 Å². The summed E-state index contributed by atoms with van der Waals surface area (Å²) in [7, 11) is 0.